The molecule has 3 N–H and O–H groups in total. The van der Waals surface area contributed by atoms with Crippen LogP contribution in [0.25, 0.3) is 0 Å². The van der Waals surface area contributed by atoms with E-state index in [0.29, 0.717) is 12.6 Å². The van der Waals surface area contributed by atoms with Crippen LogP contribution in [-0.2, 0) is 11.2 Å². The highest BCUT2D eigenvalue weighted by molar-refractivity contribution is 7.09. The summed E-state index contributed by atoms with van der Waals surface area (Å²) in [5.41, 5.74) is 5.19. The first-order valence-electron chi connectivity index (χ1n) is 6.27. The zero-order chi connectivity index (χ0) is 13.0. The molecule has 18 heavy (non-hydrogen) atoms. The summed E-state index contributed by atoms with van der Waals surface area (Å²) >= 11 is 1.42. The Morgan fingerprint density at radius 3 is 2.83 bits per heavy atom. The van der Waals surface area contributed by atoms with Crippen molar-refractivity contribution in [1.29, 1.82) is 0 Å². The average molecular weight is 269 g/mol. The van der Waals surface area contributed by atoms with E-state index >= 15 is 0 Å². The number of nitrogens with one attached hydrogen (secondary N) is 1. The van der Waals surface area contributed by atoms with Crippen LogP contribution in [0, 0.1) is 0 Å². The lowest BCUT2D eigenvalue weighted by molar-refractivity contribution is -0.119. The summed E-state index contributed by atoms with van der Waals surface area (Å²) in [4.78, 5) is 17.3. The molecule has 1 aromatic heterocycles. The Bertz CT molecular complexity index is 400. The molecule has 7 heteroatoms. The van der Waals surface area contributed by atoms with Gasteiger partial charge in [0.05, 0.1) is 6.54 Å². The molecule has 1 aliphatic heterocycles. The molecule has 1 aliphatic rings. The number of carbonyl (C=O) groups is 1. The highest BCUT2D eigenvalue weighted by atomic mass is 32.1. The normalized spacial score (nSPS) is 17.8. The van der Waals surface area contributed by atoms with E-state index in [2.05, 4.69) is 19.6 Å². The van der Waals surface area contributed by atoms with Crippen LogP contribution in [0.3, 0.4) is 0 Å². The third-order valence-corrected chi connectivity index (χ3v) is 3.76. The van der Waals surface area contributed by atoms with Crippen molar-refractivity contribution in [3.8, 4) is 0 Å². The number of nitrogens with zero attached hydrogens (tertiary/aromatic N) is 3. The minimum absolute atomic E-state index is 0.252. The van der Waals surface area contributed by atoms with Crippen LogP contribution in [-0.4, -0.2) is 45.8 Å². The van der Waals surface area contributed by atoms with Crippen LogP contribution >= 0.6 is 11.5 Å². The number of amides is 1. The molecule has 2 heterocycles. The smallest absolute Gasteiger partial charge is 0.231 e. The standard InChI is InChI=1S/C11H19N5OS/c1-2-10-14-11(18-15-10)13-8-3-5-16(6-4-8)7-9(12)17/h8H,2-7H2,1H3,(H2,12,17)(H,13,14,15). The van der Waals surface area contributed by atoms with Gasteiger partial charge in [0.2, 0.25) is 11.0 Å². The molecular formula is C11H19N5OS. The minimum Gasteiger partial charge on any atom is -0.369 e. The first-order valence-corrected chi connectivity index (χ1v) is 7.04. The molecule has 0 bridgehead atoms. The maximum Gasteiger partial charge on any atom is 0.231 e. The van der Waals surface area contributed by atoms with E-state index in [1.165, 1.54) is 11.5 Å². The molecule has 1 fully saturated rings. The van der Waals surface area contributed by atoms with Gasteiger partial charge in [0.1, 0.15) is 5.82 Å². The Labute approximate surface area is 111 Å². The number of carbonyl (C=O) groups excluding carboxylic acids is 1. The van der Waals surface area contributed by atoms with Gasteiger partial charge in [-0.05, 0) is 12.8 Å². The van der Waals surface area contributed by atoms with Gasteiger partial charge in [-0.25, -0.2) is 4.98 Å². The predicted molar refractivity (Wildman–Crippen MR) is 71.6 cm³/mol. The summed E-state index contributed by atoms with van der Waals surface area (Å²) in [7, 11) is 0. The molecule has 0 atom stereocenters. The van der Waals surface area contributed by atoms with Crippen LogP contribution in [0.5, 0.6) is 0 Å². The van der Waals surface area contributed by atoms with E-state index in [-0.39, 0.29) is 5.91 Å². The number of primary amides is 1. The molecule has 1 aromatic rings. The van der Waals surface area contributed by atoms with Crippen molar-refractivity contribution in [1.82, 2.24) is 14.3 Å². The number of hydrogen-bond donors (Lipinski definition) is 2. The van der Waals surface area contributed by atoms with Gasteiger partial charge in [-0.3, -0.25) is 9.69 Å². The number of likely N-dealkylation sites (tertiary alicyclic amines) is 1. The van der Waals surface area contributed by atoms with E-state index in [0.717, 1.165) is 43.3 Å². The van der Waals surface area contributed by atoms with Gasteiger partial charge in [-0.15, -0.1) is 0 Å². The van der Waals surface area contributed by atoms with E-state index < -0.39 is 0 Å². The molecule has 100 valence electrons. The van der Waals surface area contributed by atoms with Crippen molar-refractivity contribution < 1.29 is 4.79 Å². The van der Waals surface area contributed by atoms with Crippen LogP contribution in [0.1, 0.15) is 25.6 Å². The van der Waals surface area contributed by atoms with Crippen molar-refractivity contribution in [2.24, 2.45) is 5.73 Å². The number of aryl methyl sites for hydroxylation is 1. The summed E-state index contributed by atoms with van der Waals surface area (Å²) < 4.78 is 4.25. The molecule has 1 saturated heterocycles. The van der Waals surface area contributed by atoms with E-state index in [1.54, 1.807) is 0 Å². The number of rotatable bonds is 5. The molecule has 0 saturated carbocycles. The first kappa shape index (κ1) is 13.2. The fraction of sp³-hybridized carbons (Fsp3) is 0.727. The Morgan fingerprint density at radius 2 is 2.28 bits per heavy atom. The Morgan fingerprint density at radius 1 is 1.56 bits per heavy atom. The third kappa shape index (κ3) is 3.64. The SMILES string of the molecule is CCc1nsc(NC2CCN(CC(N)=O)CC2)n1. The van der Waals surface area contributed by atoms with Gasteiger partial charge in [-0.1, -0.05) is 6.92 Å². The molecule has 0 unspecified atom stereocenters. The topological polar surface area (TPSA) is 84.1 Å². The number of piperidine rings is 1. The maximum atomic E-state index is 10.8. The van der Waals surface area contributed by atoms with Gasteiger partial charge in [0, 0.05) is 37.1 Å². The lowest BCUT2D eigenvalue weighted by Gasteiger charge is -2.31. The molecule has 2 rings (SSSR count). The quantitative estimate of drug-likeness (QED) is 0.811. The van der Waals surface area contributed by atoms with Crippen LogP contribution in [0.4, 0.5) is 5.13 Å². The molecule has 0 radical (unpaired) electrons. The van der Waals surface area contributed by atoms with Crippen LogP contribution in [0.2, 0.25) is 0 Å². The summed E-state index contributed by atoms with van der Waals surface area (Å²) in [5.74, 6) is 0.645. The molecule has 0 aromatic carbocycles. The van der Waals surface area contributed by atoms with Crippen molar-refractivity contribution in [3.63, 3.8) is 0 Å². The van der Waals surface area contributed by atoms with Gasteiger partial charge in [-0.2, -0.15) is 4.37 Å². The van der Waals surface area contributed by atoms with Gasteiger partial charge in [0.25, 0.3) is 0 Å². The van der Waals surface area contributed by atoms with Crippen molar-refractivity contribution in [2.45, 2.75) is 32.2 Å². The van der Waals surface area contributed by atoms with Gasteiger partial charge < -0.3 is 11.1 Å². The molecular weight excluding hydrogens is 250 g/mol. The van der Waals surface area contributed by atoms with Crippen molar-refractivity contribution in [2.75, 3.05) is 25.0 Å². The lowest BCUT2D eigenvalue weighted by atomic mass is 10.1. The maximum absolute atomic E-state index is 10.8. The lowest BCUT2D eigenvalue weighted by Crippen LogP contribution is -2.42. The molecule has 1 amide bonds. The van der Waals surface area contributed by atoms with E-state index in [9.17, 15) is 4.79 Å². The minimum atomic E-state index is -0.252. The Balaban J connectivity index is 1.78. The highest BCUT2D eigenvalue weighted by Crippen LogP contribution is 2.18. The second-order valence-corrected chi connectivity index (χ2v) is 5.28. The van der Waals surface area contributed by atoms with Crippen LogP contribution in [0.15, 0.2) is 0 Å². The van der Waals surface area contributed by atoms with Gasteiger partial charge >= 0.3 is 0 Å². The summed E-state index contributed by atoms with van der Waals surface area (Å²) in [5, 5.41) is 4.31. The van der Waals surface area contributed by atoms with E-state index in [4.69, 9.17) is 5.73 Å². The zero-order valence-electron chi connectivity index (χ0n) is 10.6. The van der Waals surface area contributed by atoms with Crippen molar-refractivity contribution >= 4 is 22.6 Å². The van der Waals surface area contributed by atoms with Gasteiger partial charge in [0.15, 0.2) is 0 Å². The number of anilines is 1. The predicted octanol–water partition coefficient (Wildman–Crippen LogP) is 0.462. The zero-order valence-corrected chi connectivity index (χ0v) is 11.4. The average Bonchev–Trinajstić information content (AvgIpc) is 2.79. The second kappa shape index (κ2) is 6.10. The summed E-state index contributed by atoms with van der Waals surface area (Å²) in [6, 6.07) is 0.423. The Kier molecular flexibility index (Phi) is 4.48. The number of aromatic nitrogens is 2. The highest BCUT2D eigenvalue weighted by Gasteiger charge is 2.20. The third-order valence-electron chi connectivity index (χ3n) is 3.08. The molecule has 6 nitrogen and oxygen atoms in total. The molecule has 0 spiro atoms. The second-order valence-electron chi connectivity index (χ2n) is 4.53. The van der Waals surface area contributed by atoms with Crippen LogP contribution < -0.4 is 11.1 Å². The number of nitrogens with two attached hydrogens (primary N) is 1. The fourth-order valence-electron chi connectivity index (χ4n) is 2.09. The first-order chi connectivity index (χ1) is 8.67. The largest absolute Gasteiger partial charge is 0.369 e. The Hall–Kier alpha value is -1.21. The summed E-state index contributed by atoms with van der Waals surface area (Å²) in [6.07, 6.45) is 2.89. The fourth-order valence-corrected chi connectivity index (χ4v) is 2.81. The van der Waals surface area contributed by atoms with Crippen molar-refractivity contribution in [3.05, 3.63) is 5.82 Å². The monoisotopic (exact) mass is 269 g/mol. The summed E-state index contributed by atoms with van der Waals surface area (Å²) in [6.45, 7) is 4.22. The molecule has 0 aliphatic carbocycles. The van der Waals surface area contributed by atoms with E-state index in [1.807, 2.05) is 6.92 Å². The number of hydrogen-bond acceptors (Lipinski definition) is 6.